The molecule has 3 atom stereocenters. The second kappa shape index (κ2) is 4.55. The summed E-state index contributed by atoms with van der Waals surface area (Å²) >= 11 is 0. The number of anilines is 1. The molecule has 2 heterocycles. The second-order valence-corrected chi connectivity index (χ2v) is 5.45. The Morgan fingerprint density at radius 1 is 1.28 bits per heavy atom. The monoisotopic (exact) mass is 245 g/mol. The van der Waals surface area contributed by atoms with Crippen molar-refractivity contribution in [1.82, 2.24) is 19.6 Å². The van der Waals surface area contributed by atoms with Crippen LogP contribution < -0.4 is 5.32 Å². The van der Waals surface area contributed by atoms with E-state index in [4.69, 9.17) is 0 Å². The Kier molecular flexibility index (Phi) is 2.89. The maximum atomic E-state index is 4.38. The minimum absolute atomic E-state index is 0.506. The van der Waals surface area contributed by atoms with Gasteiger partial charge in [-0.3, -0.25) is 4.40 Å². The molecule has 3 rings (SSSR count). The average molecular weight is 245 g/mol. The van der Waals surface area contributed by atoms with Crippen molar-refractivity contribution >= 4 is 11.5 Å². The molecule has 1 fully saturated rings. The highest BCUT2D eigenvalue weighted by Gasteiger charge is 2.25. The second-order valence-electron chi connectivity index (χ2n) is 5.45. The van der Waals surface area contributed by atoms with Crippen molar-refractivity contribution in [2.75, 3.05) is 5.32 Å². The minimum Gasteiger partial charge on any atom is -0.364 e. The third kappa shape index (κ3) is 2.05. The van der Waals surface area contributed by atoms with E-state index in [1.165, 1.54) is 19.3 Å². The van der Waals surface area contributed by atoms with Crippen molar-refractivity contribution in [2.24, 2.45) is 11.8 Å². The summed E-state index contributed by atoms with van der Waals surface area (Å²) in [6, 6.07) is 0.506. The van der Waals surface area contributed by atoms with Gasteiger partial charge in [0, 0.05) is 18.4 Å². The number of rotatable bonds is 2. The fraction of sp³-hybridized carbons (Fsp3) is 0.615. The first-order chi connectivity index (χ1) is 8.74. The first kappa shape index (κ1) is 11.4. The van der Waals surface area contributed by atoms with Crippen LogP contribution in [0.2, 0.25) is 0 Å². The third-order valence-corrected chi connectivity index (χ3v) is 4.15. The lowest BCUT2D eigenvalue weighted by Gasteiger charge is -2.32. The molecule has 3 unspecified atom stereocenters. The lowest BCUT2D eigenvalue weighted by molar-refractivity contribution is 0.260. The zero-order valence-electron chi connectivity index (χ0n) is 10.9. The summed E-state index contributed by atoms with van der Waals surface area (Å²) in [5, 5.41) is 11.5. The summed E-state index contributed by atoms with van der Waals surface area (Å²) in [5.41, 5.74) is 0.809. The lowest BCUT2D eigenvalue weighted by atomic mass is 9.79. The summed E-state index contributed by atoms with van der Waals surface area (Å²) in [6.07, 6.45) is 9.06. The fourth-order valence-electron chi connectivity index (χ4n) is 2.73. The van der Waals surface area contributed by atoms with E-state index in [2.05, 4.69) is 34.3 Å². The molecule has 1 aliphatic carbocycles. The van der Waals surface area contributed by atoms with Crippen molar-refractivity contribution in [3.05, 3.63) is 18.7 Å². The molecular weight excluding hydrogens is 226 g/mol. The van der Waals surface area contributed by atoms with Gasteiger partial charge in [0.1, 0.15) is 6.33 Å². The molecule has 2 aromatic heterocycles. The van der Waals surface area contributed by atoms with Crippen LogP contribution in [0.3, 0.4) is 0 Å². The van der Waals surface area contributed by atoms with Crippen LogP contribution in [-0.4, -0.2) is 25.6 Å². The maximum Gasteiger partial charge on any atom is 0.203 e. The SMILES string of the molecule is CC1CCC(Nc2nccn3cnnc23)CC1C. The van der Waals surface area contributed by atoms with Crippen molar-refractivity contribution in [3.63, 3.8) is 0 Å². The van der Waals surface area contributed by atoms with E-state index in [-0.39, 0.29) is 0 Å². The van der Waals surface area contributed by atoms with Crippen LogP contribution in [0.1, 0.15) is 33.1 Å². The van der Waals surface area contributed by atoms with Gasteiger partial charge in [0.25, 0.3) is 0 Å². The standard InChI is InChI=1S/C13H19N5/c1-9-3-4-11(7-10(9)2)16-12-13-17-15-8-18(13)6-5-14-12/h5-6,8-11H,3-4,7H2,1-2H3,(H,14,16). The minimum atomic E-state index is 0.506. The van der Waals surface area contributed by atoms with E-state index >= 15 is 0 Å². The Balaban J connectivity index is 1.78. The number of hydrogen-bond acceptors (Lipinski definition) is 4. The molecule has 0 spiro atoms. The summed E-state index contributed by atoms with van der Waals surface area (Å²) in [5.74, 6) is 2.45. The Bertz CT molecular complexity index is 535. The number of aromatic nitrogens is 4. The van der Waals surface area contributed by atoms with Crippen LogP contribution in [0, 0.1) is 11.8 Å². The van der Waals surface area contributed by atoms with Gasteiger partial charge in [-0.25, -0.2) is 4.98 Å². The molecule has 18 heavy (non-hydrogen) atoms. The number of hydrogen-bond donors (Lipinski definition) is 1. The average Bonchev–Trinajstić information content (AvgIpc) is 2.83. The van der Waals surface area contributed by atoms with Gasteiger partial charge in [0.05, 0.1) is 0 Å². The summed E-state index contributed by atoms with van der Waals surface area (Å²) in [7, 11) is 0. The van der Waals surface area contributed by atoms with Crippen LogP contribution in [0.25, 0.3) is 5.65 Å². The zero-order valence-corrected chi connectivity index (χ0v) is 10.9. The summed E-state index contributed by atoms with van der Waals surface area (Å²) < 4.78 is 1.89. The molecule has 1 aliphatic rings. The number of fused-ring (bicyclic) bond motifs is 1. The molecule has 0 bridgehead atoms. The third-order valence-electron chi connectivity index (χ3n) is 4.15. The molecule has 0 amide bonds. The highest BCUT2D eigenvalue weighted by molar-refractivity contribution is 5.61. The van der Waals surface area contributed by atoms with Gasteiger partial charge in [-0.15, -0.1) is 10.2 Å². The van der Waals surface area contributed by atoms with Crippen LogP contribution in [0.5, 0.6) is 0 Å². The van der Waals surface area contributed by atoms with Crippen LogP contribution >= 0.6 is 0 Å². The van der Waals surface area contributed by atoms with Gasteiger partial charge >= 0.3 is 0 Å². The summed E-state index contributed by atoms with van der Waals surface area (Å²) in [6.45, 7) is 4.68. The Hall–Kier alpha value is -1.65. The van der Waals surface area contributed by atoms with Crippen molar-refractivity contribution in [3.8, 4) is 0 Å². The quantitative estimate of drug-likeness (QED) is 0.882. The van der Waals surface area contributed by atoms with E-state index in [1.807, 2.05) is 10.6 Å². The van der Waals surface area contributed by atoms with E-state index < -0.39 is 0 Å². The molecule has 0 saturated heterocycles. The molecule has 2 aromatic rings. The van der Waals surface area contributed by atoms with E-state index in [0.29, 0.717) is 6.04 Å². The van der Waals surface area contributed by atoms with Gasteiger partial charge in [0.15, 0.2) is 5.82 Å². The molecule has 5 heteroatoms. The van der Waals surface area contributed by atoms with Crippen LogP contribution in [-0.2, 0) is 0 Å². The topological polar surface area (TPSA) is 55.1 Å². The Morgan fingerprint density at radius 2 is 2.17 bits per heavy atom. The molecular formula is C13H19N5. The predicted octanol–water partition coefficient (Wildman–Crippen LogP) is 2.36. The van der Waals surface area contributed by atoms with Crippen LogP contribution in [0.15, 0.2) is 18.7 Å². The highest BCUT2D eigenvalue weighted by Crippen LogP contribution is 2.31. The molecule has 0 radical (unpaired) electrons. The summed E-state index contributed by atoms with van der Waals surface area (Å²) in [4.78, 5) is 4.38. The molecule has 0 aliphatic heterocycles. The molecule has 1 saturated carbocycles. The van der Waals surface area contributed by atoms with Gasteiger partial charge in [-0.05, 0) is 31.1 Å². The number of nitrogens with zero attached hydrogens (tertiary/aromatic N) is 4. The molecule has 5 nitrogen and oxygen atoms in total. The Labute approximate surface area is 107 Å². The van der Waals surface area contributed by atoms with E-state index in [9.17, 15) is 0 Å². The van der Waals surface area contributed by atoms with Crippen molar-refractivity contribution in [1.29, 1.82) is 0 Å². The zero-order chi connectivity index (χ0) is 12.5. The fourth-order valence-corrected chi connectivity index (χ4v) is 2.73. The van der Waals surface area contributed by atoms with Gasteiger partial charge in [-0.2, -0.15) is 0 Å². The van der Waals surface area contributed by atoms with Crippen molar-refractivity contribution in [2.45, 2.75) is 39.2 Å². The van der Waals surface area contributed by atoms with Crippen molar-refractivity contribution < 1.29 is 0 Å². The first-order valence-corrected chi connectivity index (χ1v) is 6.65. The number of nitrogens with one attached hydrogen (secondary N) is 1. The molecule has 96 valence electrons. The Morgan fingerprint density at radius 3 is 3.00 bits per heavy atom. The maximum absolute atomic E-state index is 4.38. The van der Waals surface area contributed by atoms with E-state index in [0.717, 1.165) is 23.3 Å². The highest BCUT2D eigenvalue weighted by atomic mass is 15.2. The molecule has 1 N–H and O–H groups in total. The largest absolute Gasteiger partial charge is 0.364 e. The lowest BCUT2D eigenvalue weighted by Crippen LogP contribution is -2.30. The predicted molar refractivity (Wildman–Crippen MR) is 70.4 cm³/mol. The molecule has 0 aromatic carbocycles. The van der Waals surface area contributed by atoms with E-state index in [1.54, 1.807) is 12.5 Å². The smallest absolute Gasteiger partial charge is 0.203 e. The first-order valence-electron chi connectivity index (χ1n) is 6.65. The van der Waals surface area contributed by atoms with Gasteiger partial charge in [-0.1, -0.05) is 13.8 Å². The van der Waals surface area contributed by atoms with Gasteiger partial charge < -0.3 is 5.32 Å². The van der Waals surface area contributed by atoms with Crippen LogP contribution in [0.4, 0.5) is 5.82 Å². The normalized spacial score (nSPS) is 28.4. The van der Waals surface area contributed by atoms with Gasteiger partial charge in [0.2, 0.25) is 5.65 Å².